The van der Waals surface area contributed by atoms with Crippen LogP contribution in [0.3, 0.4) is 0 Å². The maximum Gasteiger partial charge on any atom is 0 e. The molecule has 8 heteroatoms. The summed E-state index contributed by atoms with van der Waals surface area (Å²) in [4.78, 5) is 22.4. The Morgan fingerprint density at radius 2 is 1.48 bits per heavy atom. The van der Waals surface area contributed by atoms with Gasteiger partial charge < -0.3 is 10.1 Å². The number of alkyl carbamates (subject to hydrolysis) is 1. The zero-order chi connectivity index (χ0) is 18.6. The Balaban J connectivity index is -0.000000137. The van der Waals surface area contributed by atoms with Gasteiger partial charge in [-0.25, -0.2) is 4.79 Å². The minimum Gasteiger partial charge on any atom is 0 e. The molecule has 0 spiro atoms. The van der Waals surface area contributed by atoms with Gasteiger partial charge in [0.25, 0.3) is 0 Å². The molecule has 0 aromatic carbocycles. The van der Waals surface area contributed by atoms with Crippen molar-refractivity contribution in [3.63, 3.8) is 0 Å². The smallest absolute Gasteiger partial charge is 0 e. The summed E-state index contributed by atoms with van der Waals surface area (Å²) in [5.74, 6) is -0.177. The van der Waals surface area contributed by atoms with Crippen molar-refractivity contribution in [1.82, 2.24) is 5.32 Å². The largest absolute Gasteiger partial charge is 0 e. The van der Waals surface area contributed by atoms with E-state index in [1.54, 1.807) is 32.9 Å². The van der Waals surface area contributed by atoms with Crippen molar-refractivity contribution in [2.24, 2.45) is 0 Å². The SMILES string of the molecule is CC=CC=CC(=O)CNC(=O)OC(C)(C)C.[C-]#[O+].[C-]#[O+].[C-]#[O+].[Fe]. The Morgan fingerprint density at radius 3 is 1.83 bits per heavy atom. The summed E-state index contributed by atoms with van der Waals surface area (Å²) in [7, 11) is 0. The van der Waals surface area contributed by atoms with Crippen LogP contribution >= 0.6 is 0 Å². The normalized spacial score (nSPS) is 8.61. The average molecular weight is 365 g/mol. The molecule has 0 heterocycles. The zero-order valence-electron chi connectivity index (χ0n) is 13.3. The van der Waals surface area contributed by atoms with E-state index < -0.39 is 11.7 Å². The van der Waals surface area contributed by atoms with Gasteiger partial charge in [-0.1, -0.05) is 18.2 Å². The molecule has 0 bridgehead atoms. The van der Waals surface area contributed by atoms with E-state index in [0.29, 0.717) is 0 Å². The molecule has 1 N–H and O–H groups in total. The van der Waals surface area contributed by atoms with Crippen molar-refractivity contribution in [2.75, 3.05) is 6.54 Å². The van der Waals surface area contributed by atoms with E-state index in [9.17, 15) is 9.59 Å². The van der Waals surface area contributed by atoms with Gasteiger partial charge in [0.1, 0.15) is 5.60 Å². The zero-order valence-corrected chi connectivity index (χ0v) is 14.4. The van der Waals surface area contributed by atoms with Crippen LogP contribution in [0, 0.1) is 20.0 Å². The van der Waals surface area contributed by atoms with E-state index in [0.717, 1.165) is 0 Å². The minimum atomic E-state index is -0.583. The van der Waals surface area contributed by atoms with Gasteiger partial charge in [0.05, 0.1) is 6.54 Å². The predicted molar refractivity (Wildman–Crippen MR) is 75.0 cm³/mol. The molecule has 0 aromatic rings. The van der Waals surface area contributed by atoms with Crippen molar-refractivity contribution in [2.45, 2.75) is 33.3 Å². The van der Waals surface area contributed by atoms with Crippen LogP contribution in [0.4, 0.5) is 4.79 Å². The molecule has 7 nitrogen and oxygen atoms in total. The molecule has 0 aliphatic rings. The van der Waals surface area contributed by atoms with Crippen LogP contribution in [0.15, 0.2) is 24.3 Å². The molecule has 0 radical (unpaired) electrons. The Bertz CT molecular complexity index is 402. The number of hydrogen-bond donors (Lipinski definition) is 1. The van der Waals surface area contributed by atoms with Gasteiger partial charge in [-0.3, -0.25) is 4.79 Å². The second kappa shape index (κ2) is 25.1. The summed E-state index contributed by atoms with van der Waals surface area (Å²) in [5.41, 5.74) is -0.548. The fourth-order valence-corrected chi connectivity index (χ4v) is 0.806. The van der Waals surface area contributed by atoms with Crippen molar-refractivity contribution >= 4 is 11.9 Å². The van der Waals surface area contributed by atoms with Gasteiger partial charge in [-0.2, -0.15) is 0 Å². The summed E-state index contributed by atoms with van der Waals surface area (Å²) in [6.07, 6.45) is 5.99. The molecule has 0 unspecified atom stereocenters. The maximum atomic E-state index is 11.2. The van der Waals surface area contributed by atoms with E-state index in [2.05, 4.69) is 25.3 Å². The first-order valence-electron chi connectivity index (χ1n) is 5.75. The van der Waals surface area contributed by atoms with Crippen LogP contribution < -0.4 is 5.32 Å². The molecule has 128 valence electrons. The Labute approximate surface area is 147 Å². The van der Waals surface area contributed by atoms with Crippen LogP contribution in [0.5, 0.6) is 0 Å². The molecule has 1 amide bonds. The average Bonchev–Trinajstić information content (AvgIpc) is 2.50. The van der Waals surface area contributed by atoms with E-state index >= 15 is 0 Å². The van der Waals surface area contributed by atoms with Gasteiger partial charge in [0.2, 0.25) is 0 Å². The molecule has 0 atom stereocenters. The summed E-state index contributed by atoms with van der Waals surface area (Å²) in [5, 5.41) is 2.38. The molecule has 0 saturated carbocycles. The molecular weight excluding hydrogens is 346 g/mol. The second-order valence-corrected chi connectivity index (χ2v) is 4.21. The Kier molecular flexibility index (Phi) is 36.0. The number of ketones is 1. The summed E-state index contributed by atoms with van der Waals surface area (Å²) in [6, 6.07) is 0. The molecular formula is C15H19FeNO6. The van der Waals surface area contributed by atoms with Crippen molar-refractivity contribution in [1.29, 1.82) is 0 Å². The topological polar surface area (TPSA) is 115 Å². The summed E-state index contributed by atoms with van der Waals surface area (Å²) >= 11 is 0. The molecule has 0 aliphatic carbocycles. The number of ether oxygens (including phenoxy) is 1. The van der Waals surface area contributed by atoms with E-state index in [-0.39, 0.29) is 29.4 Å². The summed E-state index contributed by atoms with van der Waals surface area (Å²) < 4.78 is 27.5. The maximum absolute atomic E-state index is 11.2. The molecule has 0 saturated heterocycles. The number of nitrogens with one attached hydrogen (secondary N) is 1. The van der Waals surface area contributed by atoms with E-state index in [4.69, 9.17) is 18.7 Å². The molecule has 0 aliphatic heterocycles. The third kappa shape index (κ3) is 38.4. The number of carbonyl (C=O) groups is 2. The van der Waals surface area contributed by atoms with Gasteiger partial charge in [0.15, 0.2) is 5.78 Å². The quantitative estimate of drug-likeness (QED) is 0.270. The number of carbonyl (C=O) groups excluding carboxylic acids is 2. The minimum absolute atomic E-state index is 0. The summed E-state index contributed by atoms with van der Waals surface area (Å²) in [6.45, 7) is 20.6. The first-order chi connectivity index (χ1) is 10.3. The fourth-order valence-electron chi connectivity index (χ4n) is 0.806. The van der Waals surface area contributed by atoms with Crippen LogP contribution in [0.2, 0.25) is 0 Å². The van der Waals surface area contributed by atoms with Crippen LogP contribution in [0.1, 0.15) is 27.7 Å². The van der Waals surface area contributed by atoms with E-state index in [1.165, 1.54) is 6.08 Å². The van der Waals surface area contributed by atoms with Gasteiger partial charge in [-0.15, -0.1) is 0 Å². The Morgan fingerprint density at radius 1 is 1.04 bits per heavy atom. The van der Waals surface area contributed by atoms with Gasteiger partial charge in [0, 0.05) is 17.1 Å². The third-order valence-corrected chi connectivity index (χ3v) is 1.39. The standard InChI is InChI=1S/C12H19NO3.3CO.Fe/c1-5-6-7-8-10(14)9-13-11(15)16-12(2,3)4;3*1-2;/h5-8H,9H2,1-4H3,(H,13,15);;;;. The van der Waals surface area contributed by atoms with Crippen LogP contribution in [-0.2, 0) is 40.6 Å². The predicted octanol–water partition coefficient (Wildman–Crippen LogP) is 2.10. The molecule has 0 fully saturated rings. The van der Waals surface area contributed by atoms with Crippen molar-refractivity contribution in [3.8, 4) is 0 Å². The van der Waals surface area contributed by atoms with Crippen molar-refractivity contribution in [3.05, 3.63) is 44.3 Å². The van der Waals surface area contributed by atoms with Crippen LogP contribution in [-0.4, -0.2) is 24.0 Å². The van der Waals surface area contributed by atoms with Crippen LogP contribution in [0.25, 0.3) is 0 Å². The molecule has 0 aromatic heterocycles. The van der Waals surface area contributed by atoms with E-state index in [1.807, 2.05) is 13.0 Å². The number of rotatable bonds is 4. The number of amides is 1. The van der Waals surface area contributed by atoms with Crippen molar-refractivity contribution < 1.29 is 45.4 Å². The molecule has 23 heavy (non-hydrogen) atoms. The second-order valence-electron chi connectivity index (χ2n) is 4.21. The first-order valence-corrected chi connectivity index (χ1v) is 5.75. The monoisotopic (exact) mass is 365 g/mol. The van der Waals surface area contributed by atoms with Gasteiger partial charge in [-0.05, 0) is 33.8 Å². The molecule has 0 rings (SSSR count). The number of allylic oxidation sites excluding steroid dienone is 3. The number of hydrogen-bond acceptors (Lipinski definition) is 3. The fraction of sp³-hybridized carbons (Fsp3) is 0.400. The third-order valence-electron chi connectivity index (χ3n) is 1.39. The van der Waals surface area contributed by atoms with Gasteiger partial charge >= 0.3 is 40.0 Å². The first kappa shape index (κ1) is 32.9. The Hall–Kier alpha value is -1.84.